The van der Waals surface area contributed by atoms with Gasteiger partial charge in [0.2, 0.25) is 0 Å². The quantitative estimate of drug-likeness (QED) is 0.534. The average molecular weight is 441 g/mol. The number of aliphatic imine (C=N–C) groups is 1. The number of halogens is 2. The highest BCUT2D eigenvalue weighted by Crippen LogP contribution is 2.38. The van der Waals surface area contributed by atoms with E-state index >= 15 is 0 Å². The zero-order valence-corrected chi connectivity index (χ0v) is 18.0. The summed E-state index contributed by atoms with van der Waals surface area (Å²) < 4.78 is 5.28. The Morgan fingerprint density at radius 3 is 2.10 bits per heavy atom. The van der Waals surface area contributed by atoms with E-state index in [-0.39, 0.29) is 18.7 Å². The van der Waals surface area contributed by atoms with Gasteiger partial charge in [0.15, 0.2) is 0 Å². The summed E-state index contributed by atoms with van der Waals surface area (Å²) in [6, 6.07) is 21.3. The molecule has 0 amide bonds. The number of rotatable bonds is 6. The van der Waals surface area contributed by atoms with Crippen LogP contribution in [0.1, 0.15) is 39.9 Å². The lowest BCUT2D eigenvalue weighted by Gasteiger charge is -2.20. The fourth-order valence-electron chi connectivity index (χ4n) is 3.74. The van der Waals surface area contributed by atoms with E-state index in [0.29, 0.717) is 16.7 Å². The van der Waals surface area contributed by atoms with Crippen molar-refractivity contribution in [2.45, 2.75) is 25.3 Å². The van der Waals surface area contributed by atoms with Crippen LogP contribution >= 0.6 is 23.2 Å². The number of nitrogens with one attached hydrogen (secondary N) is 1. The van der Waals surface area contributed by atoms with Gasteiger partial charge in [0.25, 0.3) is 0 Å². The predicted octanol–water partition coefficient (Wildman–Crippen LogP) is 5.46. The van der Waals surface area contributed by atoms with E-state index in [2.05, 4.69) is 5.32 Å². The number of benzene rings is 3. The minimum absolute atomic E-state index is 0.0426. The minimum atomic E-state index is -0.123. The van der Waals surface area contributed by atoms with Gasteiger partial charge < -0.3 is 15.2 Å². The summed E-state index contributed by atoms with van der Waals surface area (Å²) in [5.41, 5.74) is 4.89. The molecule has 2 N–H and O–H groups in total. The van der Waals surface area contributed by atoms with Gasteiger partial charge in [-0.3, -0.25) is 4.99 Å². The van der Waals surface area contributed by atoms with Crippen molar-refractivity contribution in [3.63, 3.8) is 0 Å². The Balaban J connectivity index is 1.75. The first-order valence-electron chi connectivity index (χ1n) is 9.65. The van der Waals surface area contributed by atoms with E-state index in [0.717, 1.165) is 33.7 Å². The van der Waals surface area contributed by atoms with Gasteiger partial charge in [-0.1, -0.05) is 53.5 Å². The van der Waals surface area contributed by atoms with Crippen LogP contribution in [0, 0.1) is 0 Å². The van der Waals surface area contributed by atoms with Gasteiger partial charge in [0.1, 0.15) is 11.9 Å². The molecule has 2 atom stereocenters. The Bertz CT molecular complexity index is 1050. The first-order valence-corrected chi connectivity index (χ1v) is 10.4. The smallest absolute Gasteiger partial charge is 0.129 e. The van der Waals surface area contributed by atoms with E-state index in [1.807, 2.05) is 66.7 Å². The van der Waals surface area contributed by atoms with Crippen molar-refractivity contribution in [1.29, 1.82) is 0 Å². The summed E-state index contributed by atoms with van der Waals surface area (Å²) in [5, 5.41) is 14.6. The molecule has 0 radical (unpaired) electrons. The number of aliphatic hydroxyl groups excluding tert-OH is 1. The van der Waals surface area contributed by atoms with Crippen LogP contribution in [0.2, 0.25) is 10.0 Å². The monoisotopic (exact) mass is 440 g/mol. The highest BCUT2D eigenvalue weighted by molar-refractivity contribution is 6.30. The van der Waals surface area contributed by atoms with Crippen LogP contribution in [-0.4, -0.2) is 18.1 Å². The molecule has 154 valence electrons. The first kappa shape index (κ1) is 20.9. The maximum absolute atomic E-state index is 9.68. The maximum Gasteiger partial charge on any atom is 0.129 e. The molecule has 0 spiro atoms. The van der Waals surface area contributed by atoms with Crippen molar-refractivity contribution in [3.05, 3.63) is 105 Å². The number of hydrogen-bond acceptors (Lipinski definition) is 4. The van der Waals surface area contributed by atoms with Crippen LogP contribution in [-0.2, 0) is 18.0 Å². The third-order valence-corrected chi connectivity index (χ3v) is 5.64. The number of methoxy groups -OCH3 is 1. The highest BCUT2D eigenvalue weighted by Gasteiger charge is 2.32. The molecule has 0 aliphatic carbocycles. The molecule has 6 heteroatoms. The molecule has 1 heterocycles. The fraction of sp³-hybridized carbons (Fsp3) is 0.208. The lowest BCUT2D eigenvalue weighted by Crippen LogP contribution is -2.25. The Morgan fingerprint density at radius 2 is 1.50 bits per heavy atom. The molecular formula is C24H22Cl2N2O2. The maximum atomic E-state index is 9.68. The molecule has 0 bridgehead atoms. The van der Waals surface area contributed by atoms with Crippen LogP contribution in [0.4, 0.5) is 0 Å². The third-order valence-electron chi connectivity index (χ3n) is 5.14. The summed E-state index contributed by atoms with van der Waals surface area (Å²) >= 11 is 12.2. The number of hydrogen-bond donors (Lipinski definition) is 2. The first-order chi connectivity index (χ1) is 14.6. The van der Waals surface area contributed by atoms with Gasteiger partial charge in [0, 0.05) is 22.7 Å². The van der Waals surface area contributed by atoms with Crippen molar-refractivity contribution < 1.29 is 9.84 Å². The van der Waals surface area contributed by atoms with E-state index in [4.69, 9.17) is 32.9 Å². The number of ether oxygens (including phenoxy) is 1. The van der Waals surface area contributed by atoms with Crippen molar-refractivity contribution >= 4 is 29.0 Å². The Hall–Kier alpha value is -2.37. The Kier molecular flexibility index (Phi) is 6.40. The van der Waals surface area contributed by atoms with E-state index in [1.54, 1.807) is 7.11 Å². The highest BCUT2D eigenvalue weighted by atomic mass is 35.5. The SMILES string of the molecule is COCc1cc(CO)cc(C2=NC(c3ccc(Cl)cc3)C(c3ccc(Cl)cc3)N2)c1. The number of nitrogens with zero attached hydrogens (tertiary/aromatic N) is 1. The molecule has 3 aromatic carbocycles. The lowest BCUT2D eigenvalue weighted by molar-refractivity contribution is 0.184. The molecule has 0 fully saturated rings. The van der Waals surface area contributed by atoms with Crippen LogP contribution in [0.15, 0.2) is 71.7 Å². The zero-order chi connectivity index (χ0) is 21.1. The molecule has 2 unspecified atom stereocenters. The van der Waals surface area contributed by atoms with Crippen molar-refractivity contribution in [3.8, 4) is 0 Å². The summed E-state index contributed by atoms with van der Waals surface area (Å²) in [6.45, 7) is 0.425. The second-order valence-corrected chi connectivity index (χ2v) is 8.15. The van der Waals surface area contributed by atoms with E-state index in [9.17, 15) is 5.11 Å². The predicted molar refractivity (Wildman–Crippen MR) is 121 cm³/mol. The van der Waals surface area contributed by atoms with Gasteiger partial charge in [-0.05, 0) is 58.7 Å². The fourth-order valence-corrected chi connectivity index (χ4v) is 3.99. The second kappa shape index (κ2) is 9.19. The second-order valence-electron chi connectivity index (χ2n) is 7.28. The van der Waals surface area contributed by atoms with Crippen LogP contribution < -0.4 is 5.32 Å². The van der Waals surface area contributed by atoms with Gasteiger partial charge >= 0.3 is 0 Å². The van der Waals surface area contributed by atoms with Crippen LogP contribution in [0.5, 0.6) is 0 Å². The summed E-state index contributed by atoms with van der Waals surface area (Å²) in [6.07, 6.45) is 0. The Morgan fingerprint density at radius 1 is 0.900 bits per heavy atom. The molecule has 4 nitrogen and oxygen atoms in total. The average Bonchev–Trinajstić information content (AvgIpc) is 3.20. The molecule has 3 aromatic rings. The van der Waals surface area contributed by atoms with E-state index < -0.39 is 0 Å². The van der Waals surface area contributed by atoms with Crippen LogP contribution in [0.3, 0.4) is 0 Å². The molecule has 30 heavy (non-hydrogen) atoms. The molecule has 0 saturated carbocycles. The van der Waals surface area contributed by atoms with Crippen molar-refractivity contribution in [2.24, 2.45) is 4.99 Å². The Labute approximate surface area is 186 Å². The minimum Gasteiger partial charge on any atom is -0.392 e. The number of aliphatic hydroxyl groups is 1. The third kappa shape index (κ3) is 4.52. The molecule has 0 aromatic heterocycles. The van der Waals surface area contributed by atoms with E-state index in [1.165, 1.54) is 0 Å². The topological polar surface area (TPSA) is 53.9 Å². The van der Waals surface area contributed by atoms with Crippen LogP contribution in [0.25, 0.3) is 0 Å². The largest absolute Gasteiger partial charge is 0.392 e. The van der Waals surface area contributed by atoms with Gasteiger partial charge in [-0.2, -0.15) is 0 Å². The molecule has 1 aliphatic rings. The van der Waals surface area contributed by atoms with Gasteiger partial charge in [-0.25, -0.2) is 0 Å². The molecule has 4 rings (SSSR count). The number of amidine groups is 1. The molecule has 1 aliphatic heterocycles. The summed E-state index contributed by atoms with van der Waals surface area (Å²) in [4.78, 5) is 5.02. The van der Waals surface area contributed by atoms with Crippen molar-refractivity contribution in [1.82, 2.24) is 5.32 Å². The van der Waals surface area contributed by atoms with Gasteiger partial charge in [-0.15, -0.1) is 0 Å². The standard InChI is InChI=1S/C24H22Cl2N2O2/c1-30-14-16-10-15(13-29)11-19(12-16)24-27-22(17-2-6-20(25)7-3-17)23(28-24)18-4-8-21(26)9-5-18/h2-12,22-23,29H,13-14H2,1H3,(H,27,28). The summed E-state index contributed by atoms with van der Waals surface area (Å²) in [5.74, 6) is 0.780. The van der Waals surface area contributed by atoms with Crippen molar-refractivity contribution in [2.75, 3.05) is 7.11 Å². The normalized spacial score (nSPS) is 18.2. The summed E-state index contributed by atoms with van der Waals surface area (Å²) in [7, 11) is 1.66. The lowest BCUT2D eigenvalue weighted by atomic mass is 9.95. The van der Waals surface area contributed by atoms with Gasteiger partial charge in [0.05, 0.1) is 19.3 Å². The zero-order valence-electron chi connectivity index (χ0n) is 16.5. The molecule has 0 saturated heterocycles. The molecular weight excluding hydrogens is 419 g/mol.